The van der Waals surface area contributed by atoms with Crippen LogP contribution in [0.1, 0.15) is 25.0 Å². The molecule has 2 aromatic rings. The van der Waals surface area contributed by atoms with Gasteiger partial charge in [-0.2, -0.15) is 13.5 Å². The Balaban J connectivity index is 0.00000108. The molecule has 17 heavy (non-hydrogen) atoms. The number of anilines is 1. The summed E-state index contributed by atoms with van der Waals surface area (Å²) in [6.07, 6.45) is 0. The van der Waals surface area contributed by atoms with Crippen molar-refractivity contribution in [2.24, 2.45) is 0 Å². The van der Waals surface area contributed by atoms with Crippen molar-refractivity contribution in [1.82, 2.24) is 0 Å². The molecule has 0 heterocycles. The molecule has 2 N–H and O–H groups in total. The Labute approximate surface area is 109 Å². The molecule has 0 atom stereocenters. The number of hydrogen-bond acceptors (Lipinski definition) is 1. The smallest absolute Gasteiger partial charge is 0.0317 e. The Morgan fingerprint density at radius 1 is 0.882 bits per heavy atom. The summed E-state index contributed by atoms with van der Waals surface area (Å²) >= 11 is 0. The highest BCUT2D eigenvalue weighted by atomic mass is 32.1. The highest BCUT2D eigenvalue weighted by molar-refractivity contribution is 7.59. The number of nitrogen functional groups attached to an aromatic ring is 1. The summed E-state index contributed by atoms with van der Waals surface area (Å²) in [5, 5.41) is 0. The van der Waals surface area contributed by atoms with Crippen molar-refractivity contribution < 1.29 is 0 Å². The van der Waals surface area contributed by atoms with Crippen LogP contribution in [-0.2, 0) is 5.41 Å². The van der Waals surface area contributed by atoms with Crippen LogP contribution in [0.15, 0.2) is 42.5 Å². The highest BCUT2D eigenvalue weighted by Gasteiger charge is 2.34. The van der Waals surface area contributed by atoms with Crippen LogP contribution < -0.4 is 5.73 Å². The van der Waals surface area contributed by atoms with Gasteiger partial charge in [0.1, 0.15) is 0 Å². The molecule has 1 nitrogen and oxygen atoms in total. The minimum Gasteiger partial charge on any atom is -0.399 e. The lowest BCUT2D eigenvalue weighted by atomic mass is 9.82. The molecule has 1 aliphatic rings. The fraction of sp³-hybridized carbons (Fsp3) is 0.200. The fourth-order valence-corrected chi connectivity index (χ4v) is 2.72. The van der Waals surface area contributed by atoms with Gasteiger partial charge in [-0.1, -0.05) is 44.2 Å². The first-order valence-corrected chi connectivity index (χ1v) is 5.60. The number of fused-ring (bicyclic) bond motifs is 3. The molecule has 88 valence electrons. The van der Waals surface area contributed by atoms with E-state index in [1.165, 1.54) is 22.3 Å². The molecule has 1 aliphatic carbocycles. The van der Waals surface area contributed by atoms with E-state index >= 15 is 0 Å². The molecule has 2 aromatic carbocycles. The lowest BCUT2D eigenvalue weighted by molar-refractivity contribution is 0.660. The van der Waals surface area contributed by atoms with E-state index in [4.69, 9.17) is 5.73 Å². The Hall–Kier alpha value is -1.41. The van der Waals surface area contributed by atoms with Gasteiger partial charge < -0.3 is 5.73 Å². The molecule has 0 bridgehead atoms. The quantitative estimate of drug-likeness (QED) is 0.702. The van der Waals surface area contributed by atoms with Gasteiger partial charge in [0.05, 0.1) is 0 Å². The summed E-state index contributed by atoms with van der Waals surface area (Å²) in [4.78, 5) is 0. The van der Waals surface area contributed by atoms with Crippen molar-refractivity contribution in [3.63, 3.8) is 0 Å². The number of nitrogens with two attached hydrogens (primary N) is 1. The van der Waals surface area contributed by atoms with Crippen LogP contribution in [0.25, 0.3) is 11.1 Å². The standard InChI is InChI=1S/C15H15N.H2S/c1-15(2)13-6-4-3-5-11(13)12-8-7-10(16)9-14(12)15;/h3-9H,16H2,1-2H3;1H2. The lowest BCUT2D eigenvalue weighted by Crippen LogP contribution is -2.15. The van der Waals surface area contributed by atoms with Crippen LogP contribution in [0, 0.1) is 0 Å². The average molecular weight is 243 g/mol. The summed E-state index contributed by atoms with van der Waals surface area (Å²) in [7, 11) is 0. The first kappa shape index (κ1) is 12.1. The van der Waals surface area contributed by atoms with Crippen molar-refractivity contribution in [1.29, 1.82) is 0 Å². The molecule has 0 unspecified atom stereocenters. The molecule has 0 saturated heterocycles. The van der Waals surface area contributed by atoms with E-state index in [1.807, 2.05) is 6.07 Å². The van der Waals surface area contributed by atoms with Crippen LogP contribution >= 0.6 is 13.5 Å². The van der Waals surface area contributed by atoms with Crippen molar-refractivity contribution in [3.05, 3.63) is 53.6 Å². The Morgan fingerprint density at radius 3 is 2.29 bits per heavy atom. The van der Waals surface area contributed by atoms with Gasteiger partial charge in [0.2, 0.25) is 0 Å². The van der Waals surface area contributed by atoms with E-state index < -0.39 is 0 Å². The Bertz CT molecular complexity index is 573. The molecule has 0 amide bonds. The van der Waals surface area contributed by atoms with Crippen molar-refractivity contribution >= 4 is 19.2 Å². The summed E-state index contributed by atoms with van der Waals surface area (Å²) in [5.41, 5.74) is 12.2. The van der Waals surface area contributed by atoms with E-state index in [0.717, 1.165) is 5.69 Å². The van der Waals surface area contributed by atoms with Gasteiger partial charge >= 0.3 is 0 Å². The minimum atomic E-state index is 0. The third kappa shape index (κ3) is 1.55. The zero-order chi connectivity index (χ0) is 11.3. The van der Waals surface area contributed by atoms with Crippen LogP contribution in [0.2, 0.25) is 0 Å². The van der Waals surface area contributed by atoms with Gasteiger partial charge in [-0.15, -0.1) is 0 Å². The van der Waals surface area contributed by atoms with Gasteiger partial charge in [-0.25, -0.2) is 0 Å². The normalized spacial score (nSPS) is 14.7. The molecular formula is C15H17NS. The van der Waals surface area contributed by atoms with Gasteiger partial charge in [0.15, 0.2) is 0 Å². The van der Waals surface area contributed by atoms with Crippen LogP contribution in [0.3, 0.4) is 0 Å². The van der Waals surface area contributed by atoms with Gasteiger partial charge in [0.25, 0.3) is 0 Å². The second kappa shape index (κ2) is 3.81. The Morgan fingerprint density at radius 2 is 1.53 bits per heavy atom. The average Bonchev–Trinajstić information content (AvgIpc) is 2.49. The van der Waals surface area contributed by atoms with Crippen LogP contribution in [0.5, 0.6) is 0 Å². The van der Waals surface area contributed by atoms with E-state index in [0.29, 0.717) is 0 Å². The van der Waals surface area contributed by atoms with Gasteiger partial charge in [-0.05, 0) is 34.4 Å². The molecule has 0 fully saturated rings. The highest BCUT2D eigenvalue weighted by Crippen LogP contribution is 2.48. The first-order chi connectivity index (χ1) is 7.60. The van der Waals surface area contributed by atoms with Crippen molar-refractivity contribution in [2.75, 3.05) is 5.73 Å². The molecule has 0 aliphatic heterocycles. The maximum absolute atomic E-state index is 5.89. The predicted molar refractivity (Wildman–Crippen MR) is 78.8 cm³/mol. The number of rotatable bonds is 0. The second-order valence-electron chi connectivity index (χ2n) is 4.98. The summed E-state index contributed by atoms with van der Waals surface area (Å²) in [6.45, 7) is 4.52. The lowest BCUT2D eigenvalue weighted by Gasteiger charge is -2.21. The topological polar surface area (TPSA) is 26.0 Å². The van der Waals surface area contributed by atoms with E-state index in [9.17, 15) is 0 Å². The summed E-state index contributed by atoms with van der Waals surface area (Å²) in [5.74, 6) is 0. The molecule has 0 radical (unpaired) electrons. The number of hydrogen-bond donors (Lipinski definition) is 1. The first-order valence-electron chi connectivity index (χ1n) is 5.60. The van der Waals surface area contributed by atoms with Crippen LogP contribution in [0.4, 0.5) is 5.69 Å². The van der Waals surface area contributed by atoms with E-state index in [2.05, 4.69) is 50.2 Å². The molecule has 2 heteroatoms. The van der Waals surface area contributed by atoms with Crippen molar-refractivity contribution in [2.45, 2.75) is 19.3 Å². The molecular weight excluding hydrogens is 226 g/mol. The number of benzene rings is 2. The maximum Gasteiger partial charge on any atom is 0.0317 e. The minimum absolute atomic E-state index is 0. The fourth-order valence-electron chi connectivity index (χ4n) is 2.72. The predicted octanol–water partition coefficient (Wildman–Crippen LogP) is 3.69. The van der Waals surface area contributed by atoms with Gasteiger partial charge in [0, 0.05) is 11.1 Å². The van der Waals surface area contributed by atoms with E-state index in [1.54, 1.807) is 0 Å². The molecule has 0 spiro atoms. The van der Waals surface area contributed by atoms with Gasteiger partial charge in [-0.3, -0.25) is 0 Å². The molecule has 0 aromatic heterocycles. The second-order valence-corrected chi connectivity index (χ2v) is 4.98. The van der Waals surface area contributed by atoms with Crippen molar-refractivity contribution in [3.8, 4) is 11.1 Å². The molecule has 0 saturated carbocycles. The summed E-state index contributed by atoms with van der Waals surface area (Å²) < 4.78 is 0. The largest absolute Gasteiger partial charge is 0.399 e. The van der Waals surface area contributed by atoms with Crippen LogP contribution in [-0.4, -0.2) is 0 Å². The molecule has 3 rings (SSSR count). The monoisotopic (exact) mass is 243 g/mol. The SMILES string of the molecule is CC1(C)c2ccccc2-c2ccc(N)cc21.S. The Kier molecular flexibility index (Phi) is 2.70. The summed E-state index contributed by atoms with van der Waals surface area (Å²) in [6, 6.07) is 14.8. The third-order valence-corrected chi connectivity index (χ3v) is 3.61. The zero-order valence-electron chi connectivity index (χ0n) is 10.1. The zero-order valence-corrected chi connectivity index (χ0v) is 11.1. The maximum atomic E-state index is 5.89. The third-order valence-electron chi connectivity index (χ3n) is 3.61. The van der Waals surface area contributed by atoms with E-state index in [-0.39, 0.29) is 18.9 Å².